The average Bonchev–Trinajstić information content (AvgIpc) is 2.46. The minimum atomic E-state index is 0.515. The van der Waals surface area contributed by atoms with Crippen molar-refractivity contribution >= 4 is 35.1 Å². The topological polar surface area (TPSA) is 0 Å². The molecule has 0 atom stereocenters. The van der Waals surface area contributed by atoms with E-state index in [2.05, 4.69) is 63.4 Å². The van der Waals surface area contributed by atoms with E-state index in [0.717, 1.165) is 20.9 Å². The van der Waals surface area contributed by atoms with Gasteiger partial charge in [0.05, 0.1) is 0 Å². The molecular formula is C17H18S2. The Morgan fingerprint density at radius 1 is 0.789 bits per heavy atom. The van der Waals surface area contributed by atoms with Crippen LogP contribution in [-0.4, -0.2) is 0 Å². The highest BCUT2D eigenvalue weighted by Gasteiger charge is 2.07. The summed E-state index contributed by atoms with van der Waals surface area (Å²) in [5.74, 6) is 0.515. The molecule has 2 aromatic rings. The zero-order chi connectivity index (χ0) is 13.8. The van der Waals surface area contributed by atoms with Crippen molar-refractivity contribution in [3.8, 4) is 0 Å². The summed E-state index contributed by atoms with van der Waals surface area (Å²) in [6.45, 7) is 4.39. The lowest BCUT2D eigenvalue weighted by molar-refractivity contribution is 0.866. The van der Waals surface area contributed by atoms with Gasteiger partial charge in [0.2, 0.25) is 0 Å². The van der Waals surface area contributed by atoms with Crippen LogP contribution in [0.3, 0.4) is 0 Å². The minimum Gasteiger partial charge on any atom is -0.142 e. The number of rotatable bonds is 3. The predicted octanol–water partition coefficient (Wildman–Crippen LogP) is 5.50. The minimum absolute atomic E-state index is 0.515. The fourth-order valence-electron chi connectivity index (χ4n) is 1.91. The summed E-state index contributed by atoms with van der Waals surface area (Å²) < 4.78 is 0. The molecule has 0 N–H and O–H groups in total. The molecule has 0 heterocycles. The molecule has 0 fully saturated rings. The second-order valence-electron chi connectivity index (χ2n) is 4.84. The third-order valence-electron chi connectivity index (χ3n) is 3.10. The maximum absolute atomic E-state index is 4.64. The zero-order valence-electron chi connectivity index (χ0n) is 11.2. The molecule has 0 nitrogen and oxygen atoms in total. The molecule has 0 bridgehead atoms. The van der Waals surface area contributed by atoms with E-state index in [1.165, 1.54) is 5.56 Å². The molecule has 0 saturated carbocycles. The van der Waals surface area contributed by atoms with E-state index < -0.39 is 0 Å². The van der Waals surface area contributed by atoms with Gasteiger partial charge in [-0.15, -0.1) is 25.3 Å². The van der Waals surface area contributed by atoms with Crippen LogP contribution in [0.1, 0.15) is 36.5 Å². The first kappa shape index (κ1) is 14.3. The third kappa shape index (κ3) is 3.46. The van der Waals surface area contributed by atoms with Gasteiger partial charge in [-0.1, -0.05) is 68.4 Å². The quantitative estimate of drug-likeness (QED) is 0.540. The van der Waals surface area contributed by atoms with Crippen molar-refractivity contribution in [2.24, 2.45) is 0 Å². The summed E-state index contributed by atoms with van der Waals surface area (Å²) in [6.07, 6.45) is 0. The molecule has 0 aliphatic heterocycles. The van der Waals surface area contributed by atoms with E-state index in [4.69, 9.17) is 0 Å². The highest BCUT2D eigenvalue weighted by atomic mass is 32.1. The van der Waals surface area contributed by atoms with Gasteiger partial charge in [0.1, 0.15) is 0 Å². The zero-order valence-corrected chi connectivity index (χ0v) is 13.0. The fourth-order valence-corrected chi connectivity index (χ4v) is 2.46. The van der Waals surface area contributed by atoms with Crippen molar-refractivity contribution in [3.63, 3.8) is 0 Å². The van der Waals surface area contributed by atoms with Crippen molar-refractivity contribution in [1.29, 1.82) is 0 Å². The van der Waals surface area contributed by atoms with E-state index in [1.807, 2.05) is 30.3 Å². The Morgan fingerprint density at radius 3 is 2.00 bits per heavy atom. The van der Waals surface area contributed by atoms with Crippen LogP contribution in [0.4, 0.5) is 0 Å². The van der Waals surface area contributed by atoms with Crippen molar-refractivity contribution in [2.75, 3.05) is 0 Å². The molecular weight excluding hydrogens is 268 g/mol. The van der Waals surface area contributed by atoms with Gasteiger partial charge in [0, 0.05) is 9.81 Å². The molecule has 2 aromatic carbocycles. The summed E-state index contributed by atoms with van der Waals surface area (Å²) in [4.78, 5) is 1.82. The third-order valence-corrected chi connectivity index (χ3v) is 4.24. The van der Waals surface area contributed by atoms with Crippen molar-refractivity contribution < 1.29 is 0 Å². The lowest BCUT2D eigenvalue weighted by atomic mass is 10.0. The largest absolute Gasteiger partial charge is 0.142 e. The Hall–Kier alpha value is -1.12. The molecule has 0 aliphatic carbocycles. The number of hydrogen-bond acceptors (Lipinski definition) is 2. The standard InChI is InChI=1S/C17H18S2/c1-12(2)14-9-6-10-15(11-14)17(19)16(18)13-7-4-3-5-8-13/h3-12,18-19H,1-2H3. The number of benzene rings is 2. The maximum atomic E-state index is 4.64. The SMILES string of the molecule is CC(C)c1cccc(C(S)=C(S)c2ccccc2)c1. The van der Waals surface area contributed by atoms with E-state index in [1.54, 1.807) is 0 Å². The number of hydrogen-bond donors (Lipinski definition) is 2. The maximum Gasteiger partial charge on any atom is 0.0253 e. The summed E-state index contributed by atoms with van der Waals surface area (Å²) in [5, 5.41) is 0. The van der Waals surface area contributed by atoms with Crippen molar-refractivity contribution in [3.05, 3.63) is 71.3 Å². The molecule has 0 unspecified atom stereocenters. The molecule has 0 spiro atoms. The van der Waals surface area contributed by atoms with Gasteiger partial charge in [-0.2, -0.15) is 0 Å². The molecule has 2 heteroatoms. The van der Waals surface area contributed by atoms with E-state index >= 15 is 0 Å². The molecule has 0 amide bonds. The van der Waals surface area contributed by atoms with Crippen LogP contribution in [0.5, 0.6) is 0 Å². The van der Waals surface area contributed by atoms with Crippen LogP contribution in [0.2, 0.25) is 0 Å². The molecule has 98 valence electrons. The van der Waals surface area contributed by atoms with Crippen LogP contribution in [0, 0.1) is 0 Å². The summed E-state index contributed by atoms with van der Waals surface area (Å²) in [5.41, 5.74) is 3.52. The van der Waals surface area contributed by atoms with Crippen LogP contribution in [0.25, 0.3) is 9.81 Å². The van der Waals surface area contributed by atoms with Gasteiger partial charge in [0.15, 0.2) is 0 Å². The Bertz CT molecular complexity index is 583. The molecule has 0 aromatic heterocycles. The molecule has 2 rings (SSSR count). The lowest BCUT2D eigenvalue weighted by Crippen LogP contribution is -1.89. The van der Waals surface area contributed by atoms with Gasteiger partial charge in [-0.05, 0) is 22.6 Å². The van der Waals surface area contributed by atoms with Crippen molar-refractivity contribution in [2.45, 2.75) is 19.8 Å². The van der Waals surface area contributed by atoms with Crippen LogP contribution < -0.4 is 0 Å². The lowest BCUT2D eigenvalue weighted by Gasteiger charge is -2.10. The normalized spacial score (nSPS) is 12.5. The summed E-state index contributed by atoms with van der Waals surface area (Å²) >= 11 is 9.26. The Kier molecular flexibility index (Phi) is 4.78. The van der Waals surface area contributed by atoms with Gasteiger partial charge >= 0.3 is 0 Å². The Morgan fingerprint density at radius 2 is 1.37 bits per heavy atom. The summed E-state index contributed by atoms with van der Waals surface area (Å²) in [6, 6.07) is 18.6. The molecule has 0 aliphatic rings. The van der Waals surface area contributed by atoms with Crippen molar-refractivity contribution in [1.82, 2.24) is 0 Å². The molecule has 0 radical (unpaired) electrons. The second-order valence-corrected chi connectivity index (χ2v) is 5.74. The predicted molar refractivity (Wildman–Crippen MR) is 91.8 cm³/mol. The van der Waals surface area contributed by atoms with Crippen LogP contribution in [0.15, 0.2) is 54.6 Å². The average molecular weight is 286 g/mol. The monoisotopic (exact) mass is 286 g/mol. The van der Waals surface area contributed by atoms with Gasteiger partial charge < -0.3 is 0 Å². The van der Waals surface area contributed by atoms with E-state index in [-0.39, 0.29) is 0 Å². The van der Waals surface area contributed by atoms with Gasteiger partial charge in [0.25, 0.3) is 0 Å². The molecule has 19 heavy (non-hydrogen) atoms. The second kappa shape index (κ2) is 6.36. The highest BCUT2D eigenvalue weighted by Crippen LogP contribution is 2.32. The first-order valence-corrected chi connectivity index (χ1v) is 7.27. The van der Waals surface area contributed by atoms with Gasteiger partial charge in [-0.3, -0.25) is 0 Å². The first-order valence-electron chi connectivity index (χ1n) is 6.37. The number of thiol groups is 2. The van der Waals surface area contributed by atoms with Gasteiger partial charge in [-0.25, -0.2) is 0 Å². The van der Waals surface area contributed by atoms with E-state index in [0.29, 0.717) is 5.92 Å². The Labute approximate surface area is 126 Å². The highest BCUT2D eigenvalue weighted by molar-refractivity contribution is 7.96. The first-order chi connectivity index (χ1) is 9.09. The van der Waals surface area contributed by atoms with Crippen LogP contribution in [-0.2, 0) is 0 Å². The van der Waals surface area contributed by atoms with Crippen LogP contribution >= 0.6 is 25.3 Å². The Balaban J connectivity index is 2.43. The summed E-state index contributed by atoms with van der Waals surface area (Å²) in [7, 11) is 0. The fraction of sp³-hybridized carbons (Fsp3) is 0.176. The smallest absolute Gasteiger partial charge is 0.0253 e. The van der Waals surface area contributed by atoms with E-state index in [9.17, 15) is 0 Å². The molecule has 0 saturated heterocycles.